The summed E-state index contributed by atoms with van der Waals surface area (Å²) < 4.78 is 25.5. The molecule has 0 aromatic heterocycles. The van der Waals surface area contributed by atoms with Crippen molar-refractivity contribution in [3.8, 4) is 0 Å². The Bertz CT molecular complexity index is 440. The van der Waals surface area contributed by atoms with Crippen LogP contribution in [0, 0.1) is 6.92 Å². The summed E-state index contributed by atoms with van der Waals surface area (Å²) in [6, 6.07) is 7.58. The molecule has 0 radical (unpaired) electrons. The molecule has 0 aliphatic carbocycles. The van der Waals surface area contributed by atoms with Crippen molar-refractivity contribution in [1.82, 2.24) is 0 Å². The summed E-state index contributed by atoms with van der Waals surface area (Å²) in [4.78, 5) is 0. The average Bonchev–Trinajstić information content (AvgIpc) is 2.18. The van der Waals surface area contributed by atoms with E-state index in [1.165, 1.54) is 4.31 Å². The lowest BCUT2D eigenvalue weighted by Crippen LogP contribution is -2.32. The van der Waals surface area contributed by atoms with Crippen LogP contribution in [0.25, 0.3) is 0 Å². The Morgan fingerprint density at radius 2 is 1.94 bits per heavy atom. The Balaban J connectivity index is 3.08. The molecule has 0 aliphatic rings. The van der Waals surface area contributed by atoms with E-state index in [-0.39, 0.29) is 5.75 Å². The van der Waals surface area contributed by atoms with Crippen LogP contribution in [-0.2, 0) is 10.0 Å². The lowest BCUT2D eigenvalue weighted by Gasteiger charge is -2.22. The second-order valence-corrected chi connectivity index (χ2v) is 5.83. The van der Waals surface area contributed by atoms with Gasteiger partial charge in [-0.1, -0.05) is 19.1 Å². The Morgan fingerprint density at radius 3 is 2.44 bits per heavy atom. The number of anilines is 1. The van der Waals surface area contributed by atoms with Gasteiger partial charge in [-0.05, 0) is 38.0 Å². The van der Waals surface area contributed by atoms with E-state index in [2.05, 4.69) is 0 Å². The Morgan fingerprint density at radius 1 is 1.25 bits per heavy atom. The molecular weight excluding hydrogens is 222 g/mol. The Hall–Kier alpha value is -1.03. The van der Waals surface area contributed by atoms with Gasteiger partial charge in [0.2, 0.25) is 10.0 Å². The highest BCUT2D eigenvalue weighted by molar-refractivity contribution is 7.92. The Kier molecular flexibility index (Phi) is 4.35. The van der Waals surface area contributed by atoms with Crippen LogP contribution >= 0.6 is 0 Å². The van der Waals surface area contributed by atoms with E-state index in [0.717, 1.165) is 11.3 Å². The molecule has 0 N–H and O–H groups in total. The minimum absolute atomic E-state index is 0.203. The van der Waals surface area contributed by atoms with E-state index in [9.17, 15) is 8.42 Å². The summed E-state index contributed by atoms with van der Waals surface area (Å²) in [6.07, 6.45) is 0.644. The maximum atomic E-state index is 12.0. The standard InChI is InChI=1S/C12H19NO2S/c1-4-9-16(14,15)13(5-2)12-8-6-7-11(3)10-12/h6-8,10H,4-5,9H2,1-3H3. The van der Waals surface area contributed by atoms with Crippen LogP contribution in [0.5, 0.6) is 0 Å². The van der Waals surface area contributed by atoms with E-state index in [1.807, 2.05) is 45.0 Å². The van der Waals surface area contributed by atoms with E-state index in [0.29, 0.717) is 13.0 Å². The van der Waals surface area contributed by atoms with Crippen LogP contribution in [0.3, 0.4) is 0 Å². The predicted molar refractivity (Wildman–Crippen MR) is 68.3 cm³/mol. The molecule has 4 heteroatoms. The van der Waals surface area contributed by atoms with Gasteiger partial charge in [0, 0.05) is 6.54 Å². The Labute approximate surface area is 98.1 Å². The molecule has 1 aromatic carbocycles. The first-order valence-electron chi connectivity index (χ1n) is 5.58. The maximum Gasteiger partial charge on any atom is 0.235 e. The van der Waals surface area contributed by atoms with Gasteiger partial charge < -0.3 is 0 Å². The second kappa shape index (κ2) is 5.34. The first kappa shape index (κ1) is 13.0. The van der Waals surface area contributed by atoms with Gasteiger partial charge in [0.25, 0.3) is 0 Å². The van der Waals surface area contributed by atoms with Gasteiger partial charge in [-0.2, -0.15) is 0 Å². The van der Waals surface area contributed by atoms with Crippen molar-refractivity contribution in [3.63, 3.8) is 0 Å². The van der Waals surface area contributed by atoms with Gasteiger partial charge in [-0.3, -0.25) is 4.31 Å². The summed E-state index contributed by atoms with van der Waals surface area (Å²) in [6.45, 7) is 6.17. The molecule has 0 unspecified atom stereocenters. The molecule has 3 nitrogen and oxygen atoms in total. The lowest BCUT2D eigenvalue weighted by atomic mass is 10.2. The molecule has 0 atom stereocenters. The molecular formula is C12H19NO2S. The summed E-state index contributed by atoms with van der Waals surface area (Å²) in [5.41, 5.74) is 1.83. The van der Waals surface area contributed by atoms with Gasteiger partial charge in [0.05, 0.1) is 11.4 Å². The summed E-state index contributed by atoms with van der Waals surface area (Å²) in [7, 11) is -3.16. The lowest BCUT2D eigenvalue weighted by molar-refractivity contribution is 0.590. The summed E-state index contributed by atoms with van der Waals surface area (Å²) >= 11 is 0. The van der Waals surface area contributed by atoms with Crippen LogP contribution in [0.15, 0.2) is 24.3 Å². The normalized spacial score (nSPS) is 11.4. The maximum absolute atomic E-state index is 12.0. The molecule has 0 spiro atoms. The minimum Gasteiger partial charge on any atom is -0.271 e. The average molecular weight is 241 g/mol. The molecule has 0 aliphatic heterocycles. The van der Waals surface area contributed by atoms with Gasteiger partial charge in [0.15, 0.2) is 0 Å². The molecule has 0 heterocycles. The minimum atomic E-state index is -3.16. The highest BCUT2D eigenvalue weighted by Crippen LogP contribution is 2.19. The van der Waals surface area contributed by atoms with Crippen LogP contribution in [0.4, 0.5) is 5.69 Å². The highest BCUT2D eigenvalue weighted by Gasteiger charge is 2.19. The molecule has 0 saturated heterocycles. The summed E-state index contributed by atoms with van der Waals surface area (Å²) in [5.74, 6) is 0.203. The third kappa shape index (κ3) is 2.98. The van der Waals surface area contributed by atoms with Crippen molar-refractivity contribution in [2.75, 3.05) is 16.6 Å². The zero-order valence-electron chi connectivity index (χ0n) is 10.1. The van der Waals surface area contributed by atoms with E-state index >= 15 is 0 Å². The topological polar surface area (TPSA) is 37.4 Å². The zero-order chi connectivity index (χ0) is 12.2. The van der Waals surface area contributed by atoms with Crippen LogP contribution in [-0.4, -0.2) is 20.7 Å². The number of hydrogen-bond donors (Lipinski definition) is 0. The quantitative estimate of drug-likeness (QED) is 0.794. The number of hydrogen-bond acceptors (Lipinski definition) is 2. The molecule has 0 amide bonds. The monoisotopic (exact) mass is 241 g/mol. The third-order valence-corrected chi connectivity index (χ3v) is 4.44. The third-order valence-electron chi connectivity index (χ3n) is 2.37. The molecule has 0 bridgehead atoms. The van der Waals surface area contributed by atoms with Gasteiger partial charge >= 0.3 is 0 Å². The smallest absolute Gasteiger partial charge is 0.235 e. The molecule has 1 aromatic rings. The molecule has 0 fully saturated rings. The summed E-state index contributed by atoms with van der Waals surface area (Å²) in [5, 5.41) is 0. The molecule has 1 rings (SSSR count). The van der Waals surface area contributed by atoms with Crippen molar-refractivity contribution in [1.29, 1.82) is 0 Å². The second-order valence-electron chi connectivity index (χ2n) is 3.82. The number of benzene rings is 1. The van der Waals surface area contributed by atoms with Crippen LogP contribution < -0.4 is 4.31 Å². The van der Waals surface area contributed by atoms with Gasteiger partial charge in [0.1, 0.15) is 0 Å². The van der Waals surface area contributed by atoms with Crippen molar-refractivity contribution < 1.29 is 8.42 Å². The van der Waals surface area contributed by atoms with Crippen LogP contribution in [0.1, 0.15) is 25.8 Å². The van der Waals surface area contributed by atoms with Crippen molar-refractivity contribution >= 4 is 15.7 Å². The van der Waals surface area contributed by atoms with E-state index in [1.54, 1.807) is 0 Å². The number of rotatable bonds is 5. The van der Waals surface area contributed by atoms with Gasteiger partial charge in [-0.15, -0.1) is 0 Å². The fourth-order valence-corrected chi connectivity index (χ4v) is 3.26. The van der Waals surface area contributed by atoms with E-state index < -0.39 is 10.0 Å². The van der Waals surface area contributed by atoms with Crippen molar-refractivity contribution in [3.05, 3.63) is 29.8 Å². The number of aryl methyl sites for hydroxylation is 1. The fourth-order valence-electron chi connectivity index (χ4n) is 1.69. The zero-order valence-corrected chi connectivity index (χ0v) is 10.9. The van der Waals surface area contributed by atoms with Crippen LogP contribution in [0.2, 0.25) is 0 Å². The van der Waals surface area contributed by atoms with Gasteiger partial charge in [-0.25, -0.2) is 8.42 Å². The first-order chi connectivity index (χ1) is 7.51. The SMILES string of the molecule is CCCS(=O)(=O)N(CC)c1cccc(C)c1. The fraction of sp³-hybridized carbons (Fsp3) is 0.500. The predicted octanol–water partition coefficient (Wildman–Crippen LogP) is 2.56. The number of nitrogens with zero attached hydrogens (tertiary/aromatic N) is 1. The van der Waals surface area contributed by atoms with Crippen molar-refractivity contribution in [2.24, 2.45) is 0 Å². The molecule has 90 valence electrons. The first-order valence-corrected chi connectivity index (χ1v) is 7.19. The molecule has 0 saturated carbocycles. The van der Waals surface area contributed by atoms with E-state index in [4.69, 9.17) is 0 Å². The van der Waals surface area contributed by atoms with Crippen molar-refractivity contribution in [2.45, 2.75) is 27.2 Å². The number of sulfonamides is 1. The molecule has 16 heavy (non-hydrogen) atoms. The largest absolute Gasteiger partial charge is 0.271 e. The highest BCUT2D eigenvalue weighted by atomic mass is 32.2.